The fourth-order valence-corrected chi connectivity index (χ4v) is 3.07. The highest BCUT2D eigenvalue weighted by Crippen LogP contribution is 2.27. The Morgan fingerprint density at radius 1 is 1.47 bits per heavy atom. The number of rotatable bonds is 2. The first kappa shape index (κ1) is 10.2. The van der Waals surface area contributed by atoms with Crippen molar-refractivity contribution in [2.24, 2.45) is 0 Å². The topological polar surface area (TPSA) is 34.1 Å². The molecule has 78 valence electrons. The summed E-state index contributed by atoms with van der Waals surface area (Å²) >= 11 is 0. The van der Waals surface area contributed by atoms with Crippen molar-refractivity contribution in [1.82, 2.24) is 0 Å². The van der Waals surface area contributed by atoms with Crippen LogP contribution >= 0.6 is 0 Å². The van der Waals surface area contributed by atoms with Gasteiger partial charge in [0.05, 0.1) is 0 Å². The van der Waals surface area contributed by atoms with Gasteiger partial charge in [0.25, 0.3) is 0 Å². The highest BCUT2D eigenvalue weighted by Gasteiger charge is 2.15. The third-order valence-corrected chi connectivity index (χ3v) is 4.04. The minimum absolute atomic E-state index is 0.108. The average Bonchev–Trinajstić information content (AvgIpc) is 2.42. The lowest BCUT2D eigenvalue weighted by Gasteiger charge is -2.04. The molecule has 1 aromatic rings. The Bertz CT molecular complexity index is 551. The van der Waals surface area contributed by atoms with Gasteiger partial charge in [-0.1, -0.05) is 12.1 Å². The van der Waals surface area contributed by atoms with Crippen molar-refractivity contribution in [2.75, 3.05) is 0 Å². The van der Waals surface area contributed by atoms with E-state index in [1.165, 1.54) is 0 Å². The van der Waals surface area contributed by atoms with Gasteiger partial charge in [-0.05, 0) is 41.5 Å². The Balaban J connectivity index is 2.49. The first-order valence-corrected chi connectivity index (χ1v) is 6.46. The van der Waals surface area contributed by atoms with E-state index in [-0.39, 0.29) is 5.78 Å². The summed E-state index contributed by atoms with van der Waals surface area (Å²) in [5.74, 6) is 3.79. The zero-order chi connectivity index (χ0) is 11.1. The zero-order valence-corrected chi connectivity index (χ0v) is 9.34. The van der Waals surface area contributed by atoms with Crippen LogP contribution in [0.3, 0.4) is 0 Å². The summed E-state index contributed by atoms with van der Waals surface area (Å²) < 4.78 is 12.0. The molecule has 1 aliphatic rings. The molecule has 0 saturated heterocycles. The van der Waals surface area contributed by atoms with E-state index in [9.17, 15) is 9.00 Å². The highest BCUT2D eigenvalue weighted by atomic mass is 32.2. The Hall–Kier alpha value is -1.35. The maximum atomic E-state index is 12.0. The molecule has 3 heteroatoms. The normalized spacial score (nSPS) is 22.7. The second-order valence-electron chi connectivity index (χ2n) is 3.78. The third-order valence-electron chi connectivity index (χ3n) is 2.37. The van der Waals surface area contributed by atoms with Gasteiger partial charge in [0.15, 0.2) is 0 Å². The number of fused-ring (bicyclic) bond motifs is 1. The highest BCUT2D eigenvalue weighted by molar-refractivity contribution is 8.03. The first-order chi connectivity index (χ1) is 6.99. The lowest BCUT2D eigenvalue weighted by atomic mass is 10.1. The second kappa shape index (κ2) is 3.35. The second-order valence-corrected chi connectivity index (χ2v) is 5.94. The number of ketones is 1. The standard InChI is InChI=1S/C12H12O2S/c1-9(13)7-10-3-4-11-5-6-15(2,14)12(11)8-10/h3-6,8H,2,7H2,1H3. The Morgan fingerprint density at radius 3 is 2.87 bits per heavy atom. The van der Waals surface area contributed by atoms with Gasteiger partial charge in [-0.25, -0.2) is 0 Å². The number of hydrogen-bond donors (Lipinski definition) is 0. The summed E-state index contributed by atoms with van der Waals surface area (Å²) in [6.45, 7) is 1.55. The van der Waals surface area contributed by atoms with E-state index in [0.29, 0.717) is 6.42 Å². The summed E-state index contributed by atoms with van der Waals surface area (Å²) in [6, 6.07) is 5.61. The van der Waals surface area contributed by atoms with Crippen molar-refractivity contribution < 1.29 is 9.00 Å². The quantitative estimate of drug-likeness (QED) is 0.713. The average molecular weight is 220 g/mol. The maximum absolute atomic E-state index is 12.0. The zero-order valence-electron chi connectivity index (χ0n) is 8.53. The van der Waals surface area contributed by atoms with E-state index in [1.54, 1.807) is 12.3 Å². The molecule has 0 N–H and O–H groups in total. The Kier molecular flexibility index (Phi) is 2.27. The molecule has 2 rings (SSSR count). The number of hydrogen-bond acceptors (Lipinski definition) is 2. The molecule has 1 unspecified atom stereocenters. The van der Waals surface area contributed by atoms with Crippen LogP contribution in [0.1, 0.15) is 18.1 Å². The fraction of sp³-hybridized carbons (Fsp3) is 0.167. The van der Waals surface area contributed by atoms with Crippen LogP contribution in [0.15, 0.2) is 28.5 Å². The summed E-state index contributed by atoms with van der Waals surface area (Å²) in [5, 5.41) is 1.63. The van der Waals surface area contributed by atoms with E-state index in [4.69, 9.17) is 0 Å². The van der Waals surface area contributed by atoms with E-state index >= 15 is 0 Å². The minimum Gasteiger partial charge on any atom is -0.300 e. The van der Waals surface area contributed by atoms with Crippen molar-refractivity contribution in [3.05, 3.63) is 34.7 Å². The molecular formula is C12H12O2S. The van der Waals surface area contributed by atoms with E-state index in [2.05, 4.69) is 5.87 Å². The molecule has 15 heavy (non-hydrogen) atoms. The molecule has 0 aliphatic carbocycles. The van der Waals surface area contributed by atoms with Crippen LogP contribution in [0.4, 0.5) is 0 Å². The van der Waals surface area contributed by atoms with Gasteiger partial charge in [-0.15, -0.1) is 0 Å². The molecule has 0 spiro atoms. The summed E-state index contributed by atoms with van der Waals surface area (Å²) in [5.41, 5.74) is 1.85. The predicted molar refractivity (Wildman–Crippen MR) is 63.4 cm³/mol. The molecule has 1 aliphatic heterocycles. The van der Waals surface area contributed by atoms with Gasteiger partial charge in [0.1, 0.15) is 5.78 Å². The van der Waals surface area contributed by atoms with Crippen molar-refractivity contribution in [1.29, 1.82) is 0 Å². The molecule has 1 atom stereocenters. The third kappa shape index (κ3) is 1.88. The van der Waals surface area contributed by atoms with E-state index in [1.807, 2.05) is 24.3 Å². The van der Waals surface area contributed by atoms with Gasteiger partial charge >= 0.3 is 0 Å². The van der Waals surface area contributed by atoms with Crippen LogP contribution in [0.5, 0.6) is 0 Å². The lowest BCUT2D eigenvalue weighted by Crippen LogP contribution is -1.99. The van der Waals surface area contributed by atoms with E-state index in [0.717, 1.165) is 16.0 Å². The minimum atomic E-state index is -2.26. The van der Waals surface area contributed by atoms with Crippen LogP contribution in [0, 0.1) is 0 Å². The van der Waals surface area contributed by atoms with Crippen LogP contribution in [-0.2, 0) is 20.7 Å². The van der Waals surface area contributed by atoms with E-state index < -0.39 is 9.52 Å². The summed E-state index contributed by atoms with van der Waals surface area (Å²) in [6.07, 6.45) is 2.21. The van der Waals surface area contributed by atoms with Crippen molar-refractivity contribution in [2.45, 2.75) is 18.2 Å². The van der Waals surface area contributed by atoms with Gasteiger partial charge < -0.3 is 0 Å². The van der Waals surface area contributed by atoms with Crippen molar-refractivity contribution in [3.8, 4) is 0 Å². The first-order valence-electron chi connectivity index (χ1n) is 4.67. The van der Waals surface area contributed by atoms with Crippen molar-refractivity contribution >= 4 is 27.3 Å². The molecule has 0 radical (unpaired) electrons. The van der Waals surface area contributed by atoms with Crippen LogP contribution < -0.4 is 0 Å². The van der Waals surface area contributed by atoms with Crippen LogP contribution in [0.2, 0.25) is 0 Å². The monoisotopic (exact) mass is 220 g/mol. The number of carbonyl (C=O) groups excluding carboxylic acids is 1. The molecule has 1 heterocycles. The Labute approximate surface area is 89.6 Å². The SMILES string of the molecule is C=S1(=O)C=Cc2ccc(CC(C)=O)cc21. The molecule has 0 fully saturated rings. The molecule has 1 aromatic carbocycles. The Morgan fingerprint density at radius 2 is 2.20 bits per heavy atom. The fourth-order valence-electron chi connectivity index (χ4n) is 1.67. The maximum Gasteiger partial charge on any atom is 0.134 e. The van der Waals surface area contributed by atoms with Gasteiger partial charge in [-0.2, -0.15) is 0 Å². The van der Waals surface area contributed by atoms with Crippen molar-refractivity contribution in [3.63, 3.8) is 0 Å². The molecule has 2 nitrogen and oxygen atoms in total. The number of benzene rings is 1. The lowest BCUT2D eigenvalue weighted by molar-refractivity contribution is -0.116. The van der Waals surface area contributed by atoms with Gasteiger partial charge in [0.2, 0.25) is 0 Å². The molecule has 0 saturated carbocycles. The number of Topliss-reactive ketones (excluding diaryl/α,β-unsaturated/α-hetero) is 1. The molecule has 0 aromatic heterocycles. The predicted octanol–water partition coefficient (Wildman–Crippen LogP) is 1.88. The summed E-state index contributed by atoms with van der Waals surface area (Å²) in [4.78, 5) is 11.7. The van der Waals surface area contributed by atoms with Gasteiger partial charge in [0, 0.05) is 20.8 Å². The molecular weight excluding hydrogens is 208 g/mol. The summed E-state index contributed by atoms with van der Waals surface area (Å²) in [7, 11) is -2.26. The largest absolute Gasteiger partial charge is 0.300 e. The molecule has 0 amide bonds. The van der Waals surface area contributed by atoms with Gasteiger partial charge in [-0.3, -0.25) is 9.00 Å². The van der Waals surface area contributed by atoms with Crippen LogP contribution in [0.25, 0.3) is 6.08 Å². The molecule has 0 bridgehead atoms. The number of carbonyl (C=O) groups is 1. The van der Waals surface area contributed by atoms with Crippen LogP contribution in [-0.4, -0.2) is 15.9 Å². The smallest absolute Gasteiger partial charge is 0.134 e.